The number of nitrogens with zero attached hydrogens (tertiary/aromatic N) is 2. The minimum atomic E-state index is -2.90. The number of benzene rings is 2. The van der Waals surface area contributed by atoms with Crippen molar-refractivity contribution >= 4 is 35.9 Å². The third kappa shape index (κ3) is 4.15. The van der Waals surface area contributed by atoms with Gasteiger partial charge in [0.1, 0.15) is 5.76 Å². The van der Waals surface area contributed by atoms with Crippen LogP contribution < -0.4 is 4.90 Å². The van der Waals surface area contributed by atoms with E-state index in [4.69, 9.17) is 4.65 Å². The molecular formula is C19H17BF2N2O. The molecular weight excluding hydrogens is 321 g/mol. The smallest absolute Gasteiger partial charge is 0.505 e. The molecule has 0 unspecified atom stereocenters. The Morgan fingerprint density at radius 3 is 2.40 bits per heavy atom. The van der Waals surface area contributed by atoms with E-state index in [9.17, 15) is 8.63 Å². The third-order valence-electron chi connectivity index (χ3n) is 3.78. The molecule has 25 heavy (non-hydrogen) atoms. The van der Waals surface area contributed by atoms with Crippen LogP contribution in [-0.2, 0) is 4.65 Å². The Hall–Kier alpha value is -2.89. The zero-order valence-corrected chi connectivity index (χ0v) is 14.0. The Kier molecular flexibility index (Phi) is 4.98. The van der Waals surface area contributed by atoms with Crippen LogP contribution in [0.4, 0.5) is 14.3 Å². The lowest BCUT2D eigenvalue weighted by Crippen LogP contribution is -2.08. The summed E-state index contributed by atoms with van der Waals surface area (Å²) >= 11 is 0. The highest BCUT2D eigenvalue weighted by atomic mass is 19.2. The second-order valence-corrected chi connectivity index (χ2v) is 5.76. The second-order valence-electron chi connectivity index (χ2n) is 5.76. The lowest BCUT2D eigenvalue weighted by atomic mass is 10.1. The molecule has 1 aromatic heterocycles. The van der Waals surface area contributed by atoms with E-state index in [-0.39, 0.29) is 5.76 Å². The molecule has 3 nitrogen and oxygen atoms in total. The maximum absolute atomic E-state index is 12.8. The van der Waals surface area contributed by atoms with Gasteiger partial charge in [-0.3, -0.25) is 0 Å². The Morgan fingerprint density at radius 1 is 1.00 bits per heavy atom. The predicted octanol–water partition coefficient (Wildman–Crippen LogP) is 4.74. The number of halogens is 2. The van der Waals surface area contributed by atoms with Gasteiger partial charge in [0.15, 0.2) is 0 Å². The van der Waals surface area contributed by atoms with E-state index in [1.54, 1.807) is 18.2 Å². The van der Waals surface area contributed by atoms with Crippen LogP contribution in [0, 0.1) is 0 Å². The van der Waals surface area contributed by atoms with Gasteiger partial charge < -0.3 is 9.55 Å². The Bertz CT molecular complexity index is 895. The summed E-state index contributed by atoms with van der Waals surface area (Å²) in [6, 6.07) is 18.6. The lowest BCUT2D eigenvalue weighted by molar-refractivity contribution is 0.398. The number of para-hydroxylation sites is 1. The number of anilines is 1. The van der Waals surface area contributed by atoms with E-state index in [0.717, 1.165) is 16.6 Å². The first kappa shape index (κ1) is 17.0. The van der Waals surface area contributed by atoms with Crippen LogP contribution in [0.2, 0.25) is 0 Å². The Balaban J connectivity index is 1.99. The van der Waals surface area contributed by atoms with Gasteiger partial charge in [0, 0.05) is 36.8 Å². The van der Waals surface area contributed by atoms with Gasteiger partial charge in [-0.1, -0.05) is 24.3 Å². The monoisotopic (exact) mass is 338 g/mol. The molecule has 1 heterocycles. The molecule has 2 aromatic carbocycles. The molecule has 3 aromatic rings. The first-order chi connectivity index (χ1) is 12.0. The Labute approximate surface area is 145 Å². The fourth-order valence-corrected chi connectivity index (χ4v) is 2.50. The van der Waals surface area contributed by atoms with Crippen molar-refractivity contribution in [2.45, 2.75) is 0 Å². The molecule has 0 amide bonds. The van der Waals surface area contributed by atoms with Gasteiger partial charge >= 0.3 is 7.47 Å². The topological polar surface area (TPSA) is 25.4 Å². The summed E-state index contributed by atoms with van der Waals surface area (Å²) < 4.78 is 30.4. The van der Waals surface area contributed by atoms with E-state index in [1.165, 1.54) is 6.08 Å². The van der Waals surface area contributed by atoms with Crippen molar-refractivity contribution in [2.24, 2.45) is 0 Å². The van der Waals surface area contributed by atoms with Crippen LogP contribution >= 0.6 is 0 Å². The first-order valence-electron chi connectivity index (χ1n) is 7.83. The number of fused-ring (bicyclic) bond motifs is 1. The van der Waals surface area contributed by atoms with E-state index in [0.29, 0.717) is 11.3 Å². The van der Waals surface area contributed by atoms with Crippen LogP contribution in [0.15, 0.2) is 60.7 Å². The minimum Gasteiger partial charge on any atom is -0.505 e. The molecule has 0 aliphatic heterocycles. The number of rotatable bonds is 5. The van der Waals surface area contributed by atoms with Gasteiger partial charge in [-0.2, -0.15) is 0 Å². The first-order valence-corrected chi connectivity index (χ1v) is 7.83. The molecule has 3 rings (SSSR count). The highest BCUT2D eigenvalue weighted by Crippen LogP contribution is 2.24. The largest absolute Gasteiger partial charge is 0.796 e. The molecule has 126 valence electrons. The molecule has 0 aliphatic rings. The SMILES string of the molecule is CN(C)c1ccc(/C(=C/c2ccc3ccccc3n2)OB(F)F)cc1. The zero-order chi connectivity index (χ0) is 17.8. The number of aromatic nitrogens is 1. The molecule has 0 aliphatic carbocycles. The molecule has 0 spiro atoms. The van der Waals surface area contributed by atoms with E-state index in [1.807, 2.05) is 61.5 Å². The molecule has 0 saturated heterocycles. The summed E-state index contributed by atoms with van der Waals surface area (Å²) in [4.78, 5) is 6.42. The highest BCUT2D eigenvalue weighted by Gasteiger charge is 2.20. The fourth-order valence-electron chi connectivity index (χ4n) is 2.50. The van der Waals surface area contributed by atoms with Crippen molar-refractivity contribution < 1.29 is 13.3 Å². The quantitative estimate of drug-likeness (QED) is 0.496. The van der Waals surface area contributed by atoms with Crippen molar-refractivity contribution in [1.82, 2.24) is 4.98 Å². The van der Waals surface area contributed by atoms with Crippen molar-refractivity contribution in [3.63, 3.8) is 0 Å². The fraction of sp³-hybridized carbons (Fsp3) is 0.105. The summed E-state index contributed by atoms with van der Waals surface area (Å²) in [6.07, 6.45) is 1.53. The second kappa shape index (κ2) is 7.34. The van der Waals surface area contributed by atoms with Crippen molar-refractivity contribution in [3.05, 3.63) is 71.9 Å². The summed E-state index contributed by atoms with van der Waals surface area (Å²) in [5.74, 6) is 0.0862. The summed E-state index contributed by atoms with van der Waals surface area (Å²) in [5, 5.41) is 0.992. The van der Waals surface area contributed by atoms with Gasteiger partial charge in [0.2, 0.25) is 0 Å². The van der Waals surface area contributed by atoms with Gasteiger partial charge in [0.05, 0.1) is 11.2 Å². The van der Waals surface area contributed by atoms with E-state index >= 15 is 0 Å². The number of hydrogen-bond donors (Lipinski definition) is 0. The molecule has 0 bridgehead atoms. The van der Waals surface area contributed by atoms with Crippen LogP contribution in [0.5, 0.6) is 0 Å². The number of hydrogen-bond acceptors (Lipinski definition) is 3. The van der Waals surface area contributed by atoms with Crippen molar-refractivity contribution in [3.8, 4) is 0 Å². The van der Waals surface area contributed by atoms with Gasteiger partial charge in [0.25, 0.3) is 0 Å². The van der Waals surface area contributed by atoms with Crippen LogP contribution in [0.25, 0.3) is 22.7 Å². The van der Waals surface area contributed by atoms with Crippen LogP contribution in [0.1, 0.15) is 11.3 Å². The predicted molar refractivity (Wildman–Crippen MR) is 99.4 cm³/mol. The normalized spacial score (nSPS) is 11.4. The summed E-state index contributed by atoms with van der Waals surface area (Å²) in [5.41, 5.74) is 2.91. The van der Waals surface area contributed by atoms with E-state index < -0.39 is 7.47 Å². The summed E-state index contributed by atoms with van der Waals surface area (Å²) in [7, 11) is 0.932. The zero-order valence-electron chi connectivity index (χ0n) is 14.0. The lowest BCUT2D eigenvalue weighted by Gasteiger charge is -2.14. The van der Waals surface area contributed by atoms with Crippen molar-refractivity contribution in [1.29, 1.82) is 0 Å². The summed E-state index contributed by atoms with van der Waals surface area (Å²) in [6.45, 7) is 0. The average molecular weight is 338 g/mol. The van der Waals surface area contributed by atoms with Gasteiger partial charge in [-0.05, 0) is 36.4 Å². The third-order valence-corrected chi connectivity index (χ3v) is 3.78. The maximum Gasteiger partial charge on any atom is 0.796 e. The Morgan fingerprint density at radius 2 is 1.72 bits per heavy atom. The van der Waals surface area contributed by atoms with Crippen LogP contribution in [0.3, 0.4) is 0 Å². The average Bonchev–Trinajstić information content (AvgIpc) is 2.61. The standard InChI is InChI=1S/C19H17BF2N2O/c1-24(2)17-11-8-15(9-12-17)19(25-20(21)22)13-16-10-7-14-5-3-4-6-18(14)23-16/h3-13H,1-2H3/b19-13-. The number of pyridine rings is 1. The van der Waals surface area contributed by atoms with Crippen molar-refractivity contribution in [2.75, 3.05) is 19.0 Å². The van der Waals surface area contributed by atoms with Gasteiger partial charge in [-0.25, -0.2) is 13.6 Å². The molecule has 6 heteroatoms. The maximum atomic E-state index is 12.8. The molecule has 0 N–H and O–H groups in total. The molecule has 0 radical (unpaired) electrons. The highest BCUT2D eigenvalue weighted by molar-refractivity contribution is 6.36. The van der Waals surface area contributed by atoms with E-state index in [2.05, 4.69) is 4.98 Å². The minimum absolute atomic E-state index is 0.0862. The molecule has 0 saturated carbocycles. The van der Waals surface area contributed by atoms with Crippen LogP contribution in [-0.4, -0.2) is 26.5 Å². The molecule has 0 atom stereocenters. The van der Waals surface area contributed by atoms with Gasteiger partial charge in [-0.15, -0.1) is 0 Å². The molecule has 0 fully saturated rings.